The van der Waals surface area contributed by atoms with Crippen molar-refractivity contribution in [3.05, 3.63) is 0 Å². The van der Waals surface area contributed by atoms with Crippen molar-refractivity contribution in [3.63, 3.8) is 0 Å². The maximum absolute atomic E-state index is 10.9. The number of carboxylic acid groups (broad SMARTS) is 1. The largest absolute Gasteiger partial charge is 0.481 e. The Bertz CT molecular complexity index is 307. The van der Waals surface area contributed by atoms with E-state index in [-0.39, 0.29) is 17.3 Å². The summed E-state index contributed by atoms with van der Waals surface area (Å²) in [6, 6.07) is 0. The molecule has 2 saturated carbocycles. The molecular weight excluding hydrogens is 206 g/mol. The predicted octanol–water partition coefficient (Wildman–Crippen LogP) is 2.15. The molecule has 90 valence electrons. The van der Waals surface area contributed by atoms with Crippen LogP contribution in [-0.4, -0.2) is 23.9 Å². The Morgan fingerprint density at radius 1 is 1.56 bits per heavy atom. The summed E-state index contributed by atoms with van der Waals surface area (Å²) in [5.41, 5.74) is -0.171. The molecule has 0 amide bonds. The first-order valence-corrected chi connectivity index (χ1v) is 5.91. The molecule has 2 fully saturated rings. The van der Waals surface area contributed by atoms with Crippen molar-refractivity contribution in [2.45, 2.75) is 33.1 Å². The first-order chi connectivity index (χ1) is 7.53. The molecule has 0 saturated heterocycles. The van der Waals surface area contributed by atoms with E-state index in [0.717, 1.165) is 0 Å². The number of rotatable bonds is 5. The number of hydrogen-bond acceptors (Lipinski definition) is 3. The summed E-state index contributed by atoms with van der Waals surface area (Å²) in [5.74, 6) is -0.352. The molecule has 0 aromatic heterocycles. The molecule has 0 unspecified atom stereocenters. The van der Waals surface area contributed by atoms with Gasteiger partial charge in [0, 0.05) is 12.1 Å². The molecule has 0 radical (unpaired) electrons. The average Bonchev–Trinajstić information content (AvgIpc) is 2.65. The van der Waals surface area contributed by atoms with Crippen LogP contribution >= 0.6 is 0 Å². The number of oxime groups is 1. The molecule has 0 heterocycles. The first-order valence-electron chi connectivity index (χ1n) is 5.91. The van der Waals surface area contributed by atoms with Crippen molar-refractivity contribution < 1.29 is 14.7 Å². The van der Waals surface area contributed by atoms with Crippen molar-refractivity contribution in [1.82, 2.24) is 0 Å². The lowest BCUT2D eigenvalue weighted by Gasteiger charge is -2.23. The van der Waals surface area contributed by atoms with Crippen molar-refractivity contribution >= 4 is 12.2 Å². The van der Waals surface area contributed by atoms with E-state index in [1.54, 1.807) is 6.21 Å². The van der Waals surface area contributed by atoms with Crippen LogP contribution in [0.1, 0.15) is 33.1 Å². The fourth-order valence-electron chi connectivity index (χ4n) is 2.34. The summed E-state index contributed by atoms with van der Waals surface area (Å²) in [4.78, 5) is 16.1. The summed E-state index contributed by atoms with van der Waals surface area (Å²) in [6.45, 7) is 4.59. The lowest BCUT2D eigenvalue weighted by Crippen LogP contribution is -2.16. The minimum Gasteiger partial charge on any atom is -0.481 e. The Balaban J connectivity index is 1.73. The molecule has 2 aliphatic carbocycles. The Morgan fingerprint density at radius 2 is 2.25 bits per heavy atom. The van der Waals surface area contributed by atoms with E-state index < -0.39 is 5.97 Å². The van der Waals surface area contributed by atoms with Crippen LogP contribution in [0.2, 0.25) is 0 Å². The third-order valence-corrected chi connectivity index (χ3v) is 4.01. The van der Waals surface area contributed by atoms with Gasteiger partial charge in [0.15, 0.2) is 0 Å². The average molecular weight is 225 g/mol. The minimum atomic E-state index is -0.736. The second kappa shape index (κ2) is 4.07. The summed E-state index contributed by atoms with van der Waals surface area (Å²) in [7, 11) is 0. The standard InChI is InChI=1S/C12H19NO3/c1-12(2)9(10(12)11(14)15)6-13-16-7-8-4-3-5-8/h6,8-10H,3-5,7H2,1-2H3,(H,14,15)/t9-,10-/m0/s1. The molecule has 0 spiro atoms. The van der Waals surface area contributed by atoms with Gasteiger partial charge >= 0.3 is 5.97 Å². The second-order valence-electron chi connectivity index (χ2n) is 5.51. The fraction of sp³-hybridized carbons (Fsp3) is 0.833. The van der Waals surface area contributed by atoms with E-state index in [1.165, 1.54) is 19.3 Å². The van der Waals surface area contributed by atoms with Crippen LogP contribution in [0.25, 0.3) is 0 Å². The molecule has 4 heteroatoms. The Kier molecular flexibility index (Phi) is 2.91. The van der Waals surface area contributed by atoms with Gasteiger partial charge in [0.1, 0.15) is 6.61 Å². The second-order valence-corrected chi connectivity index (χ2v) is 5.51. The predicted molar refractivity (Wildman–Crippen MR) is 60.2 cm³/mol. The molecule has 0 aromatic rings. The van der Waals surface area contributed by atoms with Crippen LogP contribution in [0.3, 0.4) is 0 Å². The molecule has 4 nitrogen and oxygen atoms in total. The fourth-order valence-corrected chi connectivity index (χ4v) is 2.34. The zero-order valence-corrected chi connectivity index (χ0v) is 9.85. The van der Waals surface area contributed by atoms with Crippen LogP contribution in [0.15, 0.2) is 5.16 Å². The van der Waals surface area contributed by atoms with Gasteiger partial charge in [-0.05, 0) is 24.2 Å². The SMILES string of the molecule is CC1(C)[C@H](C(=O)O)[C@@H]1C=NOCC1CCC1. The highest BCUT2D eigenvalue weighted by Gasteiger charge is 2.61. The molecule has 0 aromatic carbocycles. The number of nitrogens with zero attached hydrogens (tertiary/aromatic N) is 1. The highest BCUT2D eigenvalue weighted by Crippen LogP contribution is 2.57. The summed E-state index contributed by atoms with van der Waals surface area (Å²) in [6.07, 6.45) is 5.44. The quantitative estimate of drug-likeness (QED) is 0.576. The van der Waals surface area contributed by atoms with Gasteiger partial charge in [0.25, 0.3) is 0 Å². The Hall–Kier alpha value is -1.06. The third-order valence-electron chi connectivity index (χ3n) is 4.01. The molecule has 2 rings (SSSR count). The molecule has 0 aliphatic heterocycles. The molecule has 16 heavy (non-hydrogen) atoms. The van der Waals surface area contributed by atoms with Crippen LogP contribution in [0.5, 0.6) is 0 Å². The van der Waals surface area contributed by atoms with Crippen LogP contribution in [0.4, 0.5) is 0 Å². The maximum atomic E-state index is 10.9. The van der Waals surface area contributed by atoms with E-state index in [2.05, 4.69) is 5.16 Å². The van der Waals surface area contributed by atoms with Crippen molar-refractivity contribution in [3.8, 4) is 0 Å². The Morgan fingerprint density at radius 3 is 2.69 bits per heavy atom. The van der Waals surface area contributed by atoms with E-state index >= 15 is 0 Å². The first kappa shape index (κ1) is 11.4. The highest BCUT2D eigenvalue weighted by atomic mass is 16.6. The zero-order chi connectivity index (χ0) is 11.8. The van der Waals surface area contributed by atoms with E-state index in [1.807, 2.05) is 13.8 Å². The molecule has 1 N–H and O–H groups in total. The molecule has 0 bridgehead atoms. The smallest absolute Gasteiger partial charge is 0.307 e. The van der Waals surface area contributed by atoms with Gasteiger partial charge in [0.05, 0.1) is 5.92 Å². The summed E-state index contributed by atoms with van der Waals surface area (Å²) < 4.78 is 0. The number of carbonyl (C=O) groups is 1. The summed E-state index contributed by atoms with van der Waals surface area (Å²) >= 11 is 0. The van der Waals surface area contributed by atoms with E-state index in [4.69, 9.17) is 9.94 Å². The van der Waals surface area contributed by atoms with Gasteiger partial charge in [0.2, 0.25) is 0 Å². The van der Waals surface area contributed by atoms with Crippen LogP contribution in [-0.2, 0) is 9.63 Å². The molecule has 2 aliphatic rings. The minimum absolute atomic E-state index is 0.0198. The normalized spacial score (nSPS) is 32.4. The van der Waals surface area contributed by atoms with Crippen molar-refractivity contribution in [2.75, 3.05) is 6.61 Å². The van der Waals surface area contributed by atoms with Gasteiger partial charge in [-0.2, -0.15) is 0 Å². The number of carboxylic acids is 1. The maximum Gasteiger partial charge on any atom is 0.307 e. The van der Waals surface area contributed by atoms with Gasteiger partial charge in [-0.15, -0.1) is 0 Å². The van der Waals surface area contributed by atoms with Gasteiger partial charge in [-0.1, -0.05) is 25.4 Å². The monoisotopic (exact) mass is 225 g/mol. The van der Waals surface area contributed by atoms with Crippen molar-refractivity contribution in [1.29, 1.82) is 0 Å². The van der Waals surface area contributed by atoms with Gasteiger partial charge in [-0.3, -0.25) is 4.79 Å². The van der Waals surface area contributed by atoms with Crippen LogP contribution in [0, 0.1) is 23.2 Å². The van der Waals surface area contributed by atoms with E-state index in [9.17, 15) is 4.79 Å². The summed E-state index contributed by atoms with van der Waals surface area (Å²) in [5, 5.41) is 12.8. The molecule has 2 atom stereocenters. The number of hydrogen-bond donors (Lipinski definition) is 1. The molecular formula is C12H19NO3. The highest BCUT2D eigenvalue weighted by molar-refractivity contribution is 5.84. The van der Waals surface area contributed by atoms with E-state index in [0.29, 0.717) is 12.5 Å². The van der Waals surface area contributed by atoms with Crippen molar-refractivity contribution in [2.24, 2.45) is 28.3 Å². The Labute approximate surface area is 95.7 Å². The van der Waals surface area contributed by atoms with Gasteiger partial charge < -0.3 is 9.94 Å². The zero-order valence-electron chi connectivity index (χ0n) is 9.85. The lowest BCUT2D eigenvalue weighted by molar-refractivity contribution is -0.139. The third kappa shape index (κ3) is 2.06. The van der Waals surface area contributed by atoms with Gasteiger partial charge in [-0.25, -0.2) is 0 Å². The lowest BCUT2D eigenvalue weighted by atomic mass is 9.86. The number of aliphatic carboxylic acids is 1. The van der Waals surface area contributed by atoms with Crippen LogP contribution < -0.4 is 0 Å². The topological polar surface area (TPSA) is 58.9 Å².